The zero-order valence-electron chi connectivity index (χ0n) is 10.1. The molecule has 0 nitrogen and oxygen atoms in total. The van der Waals surface area contributed by atoms with Crippen LogP contribution < -0.4 is 0 Å². The molecule has 17 heavy (non-hydrogen) atoms. The van der Waals surface area contributed by atoms with Crippen LogP contribution in [0.2, 0.25) is 0 Å². The average molecular weight is 336 g/mol. The number of aryl methyl sites for hydroxylation is 1. The van der Waals surface area contributed by atoms with Gasteiger partial charge in [-0.3, -0.25) is 0 Å². The summed E-state index contributed by atoms with van der Waals surface area (Å²) >= 11 is -0.135. The minimum absolute atomic E-state index is 0.135. The van der Waals surface area contributed by atoms with Gasteiger partial charge in [0.25, 0.3) is 0 Å². The van der Waals surface area contributed by atoms with Crippen molar-refractivity contribution in [1.29, 1.82) is 0 Å². The SMILES string of the molecule is CCCCc1ccc(C#Cc2ccccc2)[te]1. The Morgan fingerprint density at radius 3 is 2.59 bits per heavy atom. The van der Waals surface area contributed by atoms with Crippen LogP contribution in [0.4, 0.5) is 0 Å². The molecule has 0 N–H and O–H groups in total. The van der Waals surface area contributed by atoms with E-state index in [0.717, 1.165) is 5.56 Å². The Bertz CT molecular complexity index is 511. The zero-order chi connectivity index (χ0) is 11.9. The van der Waals surface area contributed by atoms with Crippen LogP contribution in [-0.2, 0) is 6.42 Å². The van der Waals surface area contributed by atoms with Crippen molar-refractivity contribution in [3.63, 3.8) is 0 Å². The number of hydrogen-bond acceptors (Lipinski definition) is 0. The first-order valence-electron chi connectivity index (χ1n) is 6.04. The number of hydrogen-bond donors (Lipinski definition) is 0. The molecule has 1 aromatic carbocycles. The molecule has 0 aliphatic carbocycles. The molecule has 1 heterocycles. The molecule has 0 spiro atoms. The molecule has 0 aliphatic heterocycles. The molecular formula is C16H16Te. The molecule has 0 amide bonds. The zero-order valence-corrected chi connectivity index (χ0v) is 12.4. The maximum atomic E-state index is 3.32. The molecule has 0 saturated carbocycles. The van der Waals surface area contributed by atoms with Crippen molar-refractivity contribution in [2.45, 2.75) is 26.2 Å². The van der Waals surface area contributed by atoms with Crippen LogP contribution >= 0.6 is 0 Å². The van der Waals surface area contributed by atoms with E-state index in [4.69, 9.17) is 0 Å². The molecular weight excluding hydrogens is 320 g/mol. The van der Waals surface area contributed by atoms with Gasteiger partial charge in [-0.15, -0.1) is 0 Å². The summed E-state index contributed by atoms with van der Waals surface area (Å²) in [6.07, 6.45) is 3.89. The molecule has 0 fully saturated rings. The first-order valence-corrected chi connectivity index (χ1v) is 8.37. The van der Waals surface area contributed by atoms with Crippen molar-refractivity contribution in [1.82, 2.24) is 0 Å². The van der Waals surface area contributed by atoms with Gasteiger partial charge in [-0.05, 0) is 0 Å². The second-order valence-corrected chi connectivity index (χ2v) is 7.32. The van der Waals surface area contributed by atoms with Crippen molar-refractivity contribution in [3.8, 4) is 11.8 Å². The van der Waals surface area contributed by atoms with Gasteiger partial charge in [0, 0.05) is 0 Å². The normalized spacial score (nSPS) is 9.71. The van der Waals surface area contributed by atoms with Gasteiger partial charge in [0.05, 0.1) is 0 Å². The molecule has 1 aromatic heterocycles. The molecule has 86 valence electrons. The maximum absolute atomic E-state index is 3.32. The first kappa shape index (κ1) is 12.5. The number of benzene rings is 1. The van der Waals surface area contributed by atoms with Gasteiger partial charge in [0.15, 0.2) is 0 Å². The van der Waals surface area contributed by atoms with Gasteiger partial charge in [-0.1, -0.05) is 0 Å². The van der Waals surface area contributed by atoms with Crippen LogP contribution in [0.25, 0.3) is 0 Å². The predicted molar refractivity (Wildman–Crippen MR) is 74.4 cm³/mol. The van der Waals surface area contributed by atoms with Crippen LogP contribution in [0.15, 0.2) is 42.5 Å². The van der Waals surface area contributed by atoms with Crippen LogP contribution in [-0.4, -0.2) is 20.4 Å². The summed E-state index contributed by atoms with van der Waals surface area (Å²) in [4.78, 5) is 0. The Balaban J connectivity index is 2.04. The fourth-order valence-corrected chi connectivity index (χ4v) is 4.16. The molecule has 1 heteroatoms. The second kappa shape index (κ2) is 6.70. The van der Waals surface area contributed by atoms with Crippen molar-refractivity contribution < 1.29 is 0 Å². The molecule has 0 saturated heterocycles. The predicted octanol–water partition coefficient (Wildman–Crippen LogP) is 3.49. The average Bonchev–Trinajstić information content (AvgIpc) is 2.83. The summed E-state index contributed by atoms with van der Waals surface area (Å²) in [6.45, 7) is 2.25. The van der Waals surface area contributed by atoms with E-state index < -0.39 is 0 Å². The van der Waals surface area contributed by atoms with Crippen LogP contribution in [0.3, 0.4) is 0 Å². The number of rotatable bonds is 3. The van der Waals surface area contributed by atoms with E-state index in [1.807, 2.05) is 18.2 Å². The van der Waals surface area contributed by atoms with Crippen molar-refractivity contribution in [2.24, 2.45) is 0 Å². The quantitative estimate of drug-likeness (QED) is 0.595. The standard InChI is InChI=1S/C16H16Te/c1-2-3-9-15-12-13-16(17-15)11-10-14-7-5-4-6-8-14/h4-8,12-13H,2-3,9H2,1H3. The molecule has 0 bridgehead atoms. The van der Waals surface area contributed by atoms with Gasteiger partial charge in [0.1, 0.15) is 0 Å². The molecule has 0 atom stereocenters. The number of unbranched alkanes of at least 4 members (excludes halogenated alkanes) is 1. The van der Waals surface area contributed by atoms with E-state index in [0.29, 0.717) is 0 Å². The fraction of sp³-hybridized carbons (Fsp3) is 0.250. The first-order chi connectivity index (χ1) is 8.38. The van der Waals surface area contributed by atoms with E-state index >= 15 is 0 Å². The summed E-state index contributed by atoms with van der Waals surface area (Å²) in [5.74, 6) is 6.57. The molecule has 0 unspecified atom stereocenters. The minimum atomic E-state index is -0.135. The van der Waals surface area contributed by atoms with Crippen LogP contribution in [0.5, 0.6) is 0 Å². The van der Waals surface area contributed by atoms with Gasteiger partial charge in [0.2, 0.25) is 0 Å². The fourth-order valence-electron chi connectivity index (χ4n) is 1.59. The molecule has 2 aromatic rings. The third-order valence-corrected chi connectivity index (χ3v) is 5.57. The van der Waals surface area contributed by atoms with Crippen LogP contribution in [0.1, 0.15) is 32.5 Å². The Morgan fingerprint density at radius 2 is 1.82 bits per heavy atom. The van der Waals surface area contributed by atoms with E-state index in [-0.39, 0.29) is 20.4 Å². The molecule has 0 radical (unpaired) electrons. The summed E-state index contributed by atoms with van der Waals surface area (Å²) in [5.41, 5.74) is 1.11. The summed E-state index contributed by atoms with van der Waals surface area (Å²) in [5, 5.41) is 0. The van der Waals surface area contributed by atoms with Crippen LogP contribution in [0, 0.1) is 11.8 Å². The molecule has 0 aliphatic rings. The van der Waals surface area contributed by atoms with E-state index in [1.54, 1.807) is 3.58 Å². The van der Waals surface area contributed by atoms with Crippen molar-refractivity contribution in [2.75, 3.05) is 0 Å². The van der Waals surface area contributed by atoms with Gasteiger partial charge >= 0.3 is 114 Å². The third-order valence-electron chi connectivity index (χ3n) is 2.54. The van der Waals surface area contributed by atoms with E-state index in [2.05, 4.69) is 43.0 Å². The second-order valence-electron chi connectivity index (χ2n) is 3.99. The topological polar surface area (TPSA) is 0 Å². The Morgan fingerprint density at radius 1 is 1.00 bits per heavy atom. The summed E-state index contributed by atoms with van der Waals surface area (Å²) < 4.78 is 3.04. The van der Waals surface area contributed by atoms with E-state index in [1.165, 1.54) is 22.8 Å². The Hall–Kier alpha value is -0.950. The summed E-state index contributed by atoms with van der Waals surface area (Å²) in [7, 11) is 0. The van der Waals surface area contributed by atoms with Crippen molar-refractivity contribution in [3.05, 3.63) is 55.2 Å². The Kier molecular flexibility index (Phi) is 4.93. The summed E-state index contributed by atoms with van der Waals surface area (Å²) in [6, 6.07) is 14.8. The van der Waals surface area contributed by atoms with E-state index in [9.17, 15) is 0 Å². The molecule has 2 rings (SSSR count). The Labute approximate surface area is 113 Å². The van der Waals surface area contributed by atoms with Crippen molar-refractivity contribution >= 4 is 20.4 Å². The van der Waals surface area contributed by atoms with Gasteiger partial charge < -0.3 is 0 Å². The van der Waals surface area contributed by atoms with Gasteiger partial charge in [-0.2, -0.15) is 0 Å². The van der Waals surface area contributed by atoms with Gasteiger partial charge in [-0.25, -0.2) is 0 Å². The third kappa shape index (κ3) is 4.08. The monoisotopic (exact) mass is 338 g/mol.